The molecule has 5 nitrogen and oxygen atoms in total. The predicted octanol–water partition coefficient (Wildman–Crippen LogP) is 1.73. The van der Waals surface area contributed by atoms with Crippen LogP contribution in [0.2, 0.25) is 0 Å². The minimum absolute atomic E-state index is 0.235. The molecule has 7 heteroatoms. The second-order valence-electron chi connectivity index (χ2n) is 4.59. The van der Waals surface area contributed by atoms with E-state index in [0.29, 0.717) is 29.8 Å². The summed E-state index contributed by atoms with van der Waals surface area (Å²) in [5.41, 5.74) is 6.69. The third-order valence-electron chi connectivity index (χ3n) is 3.18. The molecule has 1 aromatic carbocycles. The molecule has 1 saturated carbocycles. The summed E-state index contributed by atoms with van der Waals surface area (Å²) in [5, 5.41) is 5.87. The van der Waals surface area contributed by atoms with Crippen molar-refractivity contribution in [2.45, 2.75) is 23.0 Å². The van der Waals surface area contributed by atoms with Gasteiger partial charge in [-0.25, -0.2) is 12.8 Å². The van der Waals surface area contributed by atoms with Gasteiger partial charge < -0.3 is 5.73 Å². The van der Waals surface area contributed by atoms with E-state index >= 15 is 0 Å². The highest BCUT2D eigenvalue weighted by molar-refractivity contribution is 7.92. The number of hydrogen-bond acceptors (Lipinski definition) is 4. The number of halogens is 1. The van der Waals surface area contributed by atoms with Crippen LogP contribution < -0.4 is 5.73 Å². The highest BCUT2D eigenvalue weighted by atomic mass is 32.2. The fraction of sp³-hybridized carbons (Fsp3) is 0.250. The number of H-pyrrole nitrogens is 1. The highest BCUT2D eigenvalue weighted by Gasteiger charge is 2.38. The number of aromatic amines is 1. The molecule has 100 valence electrons. The van der Waals surface area contributed by atoms with Crippen LogP contribution in [-0.4, -0.2) is 23.9 Å². The Morgan fingerprint density at radius 1 is 1.37 bits per heavy atom. The first kappa shape index (κ1) is 12.2. The predicted molar refractivity (Wildman–Crippen MR) is 68.6 cm³/mol. The molecular weight excluding hydrogens is 269 g/mol. The van der Waals surface area contributed by atoms with Gasteiger partial charge in [-0.15, -0.1) is 0 Å². The molecule has 0 amide bonds. The van der Waals surface area contributed by atoms with Crippen LogP contribution in [0.25, 0.3) is 11.1 Å². The Hall–Kier alpha value is -1.89. The SMILES string of the molecule is Nc1[nH]ncc1-c1ccc(S(=O)(=O)C2CC2)c(F)c1. The number of anilines is 1. The van der Waals surface area contributed by atoms with Crippen molar-refractivity contribution in [1.29, 1.82) is 0 Å². The fourth-order valence-electron chi connectivity index (χ4n) is 1.98. The Morgan fingerprint density at radius 2 is 2.11 bits per heavy atom. The summed E-state index contributed by atoms with van der Waals surface area (Å²) < 4.78 is 38.0. The van der Waals surface area contributed by atoms with E-state index in [1.54, 1.807) is 6.07 Å². The Morgan fingerprint density at radius 3 is 2.63 bits per heavy atom. The number of sulfone groups is 1. The van der Waals surface area contributed by atoms with Gasteiger partial charge in [0.1, 0.15) is 16.5 Å². The molecule has 2 aromatic rings. The molecule has 0 bridgehead atoms. The number of benzene rings is 1. The van der Waals surface area contributed by atoms with Crippen molar-refractivity contribution in [3.8, 4) is 11.1 Å². The normalized spacial score (nSPS) is 15.6. The first-order valence-electron chi connectivity index (χ1n) is 5.83. The molecule has 1 aliphatic carbocycles. The maximum Gasteiger partial charge on any atom is 0.184 e. The molecule has 0 unspecified atom stereocenters. The maximum absolute atomic E-state index is 14.0. The van der Waals surface area contributed by atoms with E-state index in [-0.39, 0.29) is 4.90 Å². The second-order valence-corrected chi connectivity index (χ2v) is 6.78. The lowest BCUT2D eigenvalue weighted by atomic mass is 10.1. The summed E-state index contributed by atoms with van der Waals surface area (Å²) in [6, 6.07) is 4.01. The van der Waals surface area contributed by atoms with Crippen LogP contribution in [0.15, 0.2) is 29.3 Å². The summed E-state index contributed by atoms with van der Waals surface area (Å²) >= 11 is 0. The van der Waals surface area contributed by atoms with Crippen molar-refractivity contribution in [1.82, 2.24) is 10.2 Å². The van der Waals surface area contributed by atoms with Crippen LogP contribution in [0, 0.1) is 5.82 Å². The van der Waals surface area contributed by atoms with Crippen LogP contribution in [-0.2, 0) is 9.84 Å². The molecule has 0 saturated heterocycles. The van der Waals surface area contributed by atoms with Crippen LogP contribution in [0.3, 0.4) is 0 Å². The van der Waals surface area contributed by atoms with Gasteiger partial charge in [-0.3, -0.25) is 5.10 Å². The van der Waals surface area contributed by atoms with Crippen LogP contribution in [0.5, 0.6) is 0 Å². The number of nitrogens with one attached hydrogen (secondary N) is 1. The lowest BCUT2D eigenvalue weighted by Gasteiger charge is -2.06. The van der Waals surface area contributed by atoms with Gasteiger partial charge in [-0.1, -0.05) is 6.07 Å². The average Bonchev–Trinajstić information content (AvgIpc) is 3.13. The van der Waals surface area contributed by atoms with Crippen molar-refractivity contribution >= 4 is 15.7 Å². The molecule has 1 aromatic heterocycles. The van der Waals surface area contributed by atoms with Gasteiger partial charge in [0.25, 0.3) is 0 Å². The van der Waals surface area contributed by atoms with Gasteiger partial charge in [-0.2, -0.15) is 5.10 Å². The van der Waals surface area contributed by atoms with E-state index in [1.165, 1.54) is 18.3 Å². The molecule has 19 heavy (non-hydrogen) atoms. The molecule has 0 radical (unpaired) electrons. The number of nitrogen functional groups attached to an aromatic ring is 1. The molecule has 1 heterocycles. The van der Waals surface area contributed by atoms with Gasteiger partial charge in [-0.05, 0) is 30.5 Å². The third kappa shape index (κ3) is 1.99. The summed E-state index contributed by atoms with van der Waals surface area (Å²) in [6.45, 7) is 0. The molecule has 1 aliphatic rings. The number of nitrogens with zero attached hydrogens (tertiary/aromatic N) is 1. The molecule has 0 atom stereocenters. The van der Waals surface area contributed by atoms with Crippen LogP contribution >= 0.6 is 0 Å². The number of nitrogens with two attached hydrogens (primary N) is 1. The minimum atomic E-state index is -3.52. The molecule has 1 fully saturated rings. The second kappa shape index (κ2) is 4.06. The Kier molecular flexibility index (Phi) is 2.60. The topological polar surface area (TPSA) is 88.8 Å². The summed E-state index contributed by atoms with van der Waals surface area (Å²) in [6.07, 6.45) is 2.69. The lowest BCUT2D eigenvalue weighted by Crippen LogP contribution is -2.09. The van der Waals surface area contributed by atoms with Crippen LogP contribution in [0.1, 0.15) is 12.8 Å². The number of rotatable bonds is 3. The highest BCUT2D eigenvalue weighted by Crippen LogP contribution is 2.35. The monoisotopic (exact) mass is 281 g/mol. The largest absolute Gasteiger partial charge is 0.384 e. The van der Waals surface area contributed by atoms with Gasteiger partial charge >= 0.3 is 0 Å². The lowest BCUT2D eigenvalue weighted by molar-refractivity contribution is 0.566. The van der Waals surface area contributed by atoms with Crippen molar-refractivity contribution in [3.63, 3.8) is 0 Å². The summed E-state index contributed by atoms with van der Waals surface area (Å²) in [5.74, 6) is -0.429. The summed E-state index contributed by atoms with van der Waals surface area (Å²) in [7, 11) is -3.52. The minimum Gasteiger partial charge on any atom is -0.384 e. The number of aromatic nitrogens is 2. The average molecular weight is 281 g/mol. The Bertz CT molecular complexity index is 735. The Balaban J connectivity index is 2.06. The van der Waals surface area contributed by atoms with Crippen molar-refractivity contribution in [3.05, 3.63) is 30.2 Å². The molecule has 3 N–H and O–H groups in total. The van der Waals surface area contributed by atoms with E-state index in [4.69, 9.17) is 5.73 Å². The Labute approximate surface area is 109 Å². The fourth-order valence-corrected chi connectivity index (χ4v) is 3.69. The van der Waals surface area contributed by atoms with E-state index in [1.807, 2.05) is 0 Å². The number of hydrogen-bond donors (Lipinski definition) is 2. The quantitative estimate of drug-likeness (QED) is 0.896. The molecule has 0 spiro atoms. The maximum atomic E-state index is 14.0. The standard InChI is InChI=1S/C12H12FN3O2S/c13-10-5-7(9-6-15-16-12(9)14)1-4-11(10)19(17,18)8-2-3-8/h1,4-6,8H,2-3H2,(H3,14,15,16). The van der Waals surface area contributed by atoms with Crippen molar-refractivity contribution < 1.29 is 12.8 Å². The first-order chi connectivity index (χ1) is 9.00. The third-order valence-corrected chi connectivity index (χ3v) is 5.47. The van der Waals surface area contributed by atoms with Crippen molar-refractivity contribution in [2.24, 2.45) is 0 Å². The zero-order chi connectivity index (χ0) is 13.6. The van der Waals surface area contributed by atoms with Gasteiger partial charge in [0.15, 0.2) is 9.84 Å². The van der Waals surface area contributed by atoms with E-state index in [9.17, 15) is 12.8 Å². The van der Waals surface area contributed by atoms with E-state index in [0.717, 1.165) is 0 Å². The summed E-state index contributed by atoms with van der Waals surface area (Å²) in [4.78, 5) is -0.235. The van der Waals surface area contributed by atoms with Crippen molar-refractivity contribution in [2.75, 3.05) is 5.73 Å². The zero-order valence-corrected chi connectivity index (χ0v) is 10.7. The van der Waals surface area contributed by atoms with Gasteiger partial charge in [0, 0.05) is 5.56 Å². The van der Waals surface area contributed by atoms with Gasteiger partial charge in [0.2, 0.25) is 0 Å². The smallest absolute Gasteiger partial charge is 0.184 e. The first-order valence-corrected chi connectivity index (χ1v) is 7.37. The van der Waals surface area contributed by atoms with E-state index < -0.39 is 20.9 Å². The zero-order valence-electron chi connectivity index (χ0n) is 9.93. The molecular formula is C12H12FN3O2S. The van der Waals surface area contributed by atoms with Gasteiger partial charge in [0.05, 0.1) is 11.4 Å². The molecule has 0 aliphatic heterocycles. The van der Waals surface area contributed by atoms with E-state index in [2.05, 4.69) is 10.2 Å². The molecule has 3 rings (SSSR count). The van der Waals surface area contributed by atoms with Crippen LogP contribution in [0.4, 0.5) is 10.2 Å².